The van der Waals surface area contributed by atoms with E-state index in [0.29, 0.717) is 0 Å². The van der Waals surface area contributed by atoms with Crippen LogP contribution in [0.3, 0.4) is 0 Å². The van der Waals surface area contributed by atoms with Crippen LogP contribution in [0.15, 0.2) is 60.7 Å². The highest BCUT2D eigenvalue weighted by molar-refractivity contribution is 9.09. The van der Waals surface area contributed by atoms with Crippen molar-refractivity contribution in [3.8, 4) is 0 Å². The molecule has 1 N–H and O–H groups in total. The molecule has 4 heteroatoms. The van der Waals surface area contributed by atoms with Gasteiger partial charge in [-0.2, -0.15) is 0 Å². The summed E-state index contributed by atoms with van der Waals surface area (Å²) in [4.78, 5) is 9.47. The highest BCUT2D eigenvalue weighted by Gasteiger charge is 1.89. The second-order valence-electron chi connectivity index (χ2n) is 3.67. The number of alkyl halides is 1. The minimum absolute atomic E-state index is 0. The molecule has 19 heavy (non-hydrogen) atoms. The molecule has 0 saturated carbocycles. The molecule has 0 aliphatic heterocycles. The van der Waals surface area contributed by atoms with Crippen LogP contribution in [0.5, 0.6) is 0 Å². The van der Waals surface area contributed by atoms with Crippen molar-refractivity contribution in [2.45, 2.75) is 11.8 Å². The molecule has 1 unspecified atom stereocenters. The van der Waals surface area contributed by atoms with E-state index in [-0.39, 0.29) is 17.2 Å². The predicted molar refractivity (Wildman–Crippen MR) is 87.9 cm³/mol. The Bertz CT molecular complexity index is 411. The van der Waals surface area contributed by atoms with Gasteiger partial charge in [0, 0.05) is 11.4 Å². The first-order chi connectivity index (χ1) is 8.72. The summed E-state index contributed by atoms with van der Waals surface area (Å²) in [7, 11) is 0. The third-order valence-corrected chi connectivity index (χ3v) is 2.24. The molecular weight excluding hydrogens is 326 g/mol. The van der Waals surface area contributed by atoms with Crippen LogP contribution in [0, 0.1) is 0 Å². The molecule has 0 heterocycles. The summed E-state index contributed by atoms with van der Waals surface area (Å²) in [5.74, 6) is 0. The van der Waals surface area contributed by atoms with E-state index in [1.807, 2.05) is 60.7 Å². The number of carbonyl (C=O) groups is 1. The lowest BCUT2D eigenvalue weighted by atomic mass is 10.3. The Balaban J connectivity index is 0.000000471. The Labute approximate surface area is 128 Å². The maximum absolute atomic E-state index is 9.46. The molecule has 0 aromatic heterocycles. The van der Waals surface area contributed by atoms with Gasteiger partial charge >= 0.3 is 0 Å². The van der Waals surface area contributed by atoms with E-state index in [0.717, 1.165) is 17.7 Å². The highest BCUT2D eigenvalue weighted by Crippen LogP contribution is 2.14. The van der Waals surface area contributed by atoms with Crippen LogP contribution >= 0.6 is 28.3 Å². The molecule has 102 valence electrons. The first-order valence-corrected chi connectivity index (χ1v) is 6.60. The average molecular weight is 343 g/mol. The SMILES string of the molecule is CC(Br)C=O.Cl.c1ccc(Nc2ccccc2)cc1. The van der Waals surface area contributed by atoms with Gasteiger partial charge in [-0.15, -0.1) is 12.4 Å². The fourth-order valence-corrected chi connectivity index (χ4v) is 1.21. The van der Waals surface area contributed by atoms with Crippen molar-refractivity contribution in [2.24, 2.45) is 0 Å². The van der Waals surface area contributed by atoms with Gasteiger partial charge in [-0.1, -0.05) is 52.3 Å². The molecule has 0 radical (unpaired) electrons. The van der Waals surface area contributed by atoms with Gasteiger partial charge in [0.1, 0.15) is 6.29 Å². The van der Waals surface area contributed by atoms with Crippen LogP contribution in [-0.4, -0.2) is 11.1 Å². The highest BCUT2D eigenvalue weighted by atomic mass is 79.9. The maximum Gasteiger partial charge on any atom is 0.133 e. The molecule has 0 saturated heterocycles. The molecular formula is C15H17BrClNO. The Hall–Kier alpha value is -1.32. The molecule has 2 rings (SSSR count). The lowest BCUT2D eigenvalue weighted by molar-refractivity contribution is -0.107. The third kappa shape index (κ3) is 8.41. The summed E-state index contributed by atoms with van der Waals surface area (Å²) in [6, 6.07) is 20.3. The van der Waals surface area contributed by atoms with Gasteiger partial charge in [0.05, 0.1) is 4.83 Å². The minimum Gasteiger partial charge on any atom is -0.356 e. The standard InChI is InChI=1S/C12H11N.C3H5BrO.ClH/c1-3-7-11(8-4-1)13-12-9-5-2-6-10-12;1-3(4)2-5;/h1-10,13H;2-3H,1H3;1H. The monoisotopic (exact) mass is 341 g/mol. The van der Waals surface area contributed by atoms with Crippen LogP contribution < -0.4 is 5.32 Å². The second-order valence-corrected chi connectivity index (χ2v) is 5.12. The lowest BCUT2D eigenvalue weighted by Crippen LogP contribution is -1.87. The Morgan fingerprint density at radius 3 is 1.53 bits per heavy atom. The van der Waals surface area contributed by atoms with Gasteiger partial charge in [0.25, 0.3) is 0 Å². The topological polar surface area (TPSA) is 29.1 Å². The van der Waals surface area contributed by atoms with E-state index >= 15 is 0 Å². The molecule has 0 spiro atoms. The summed E-state index contributed by atoms with van der Waals surface area (Å²) < 4.78 is 0. The van der Waals surface area contributed by atoms with E-state index in [2.05, 4.69) is 21.2 Å². The van der Waals surface area contributed by atoms with E-state index in [4.69, 9.17) is 0 Å². The minimum atomic E-state index is 0. The molecule has 0 amide bonds. The van der Waals surface area contributed by atoms with Crippen molar-refractivity contribution in [1.29, 1.82) is 0 Å². The smallest absolute Gasteiger partial charge is 0.133 e. The summed E-state index contributed by atoms with van der Waals surface area (Å²) in [6.45, 7) is 1.77. The van der Waals surface area contributed by atoms with Crippen molar-refractivity contribution < 1.29 is 4.79 Å². The number of nitrogens with one attached hydrogen (secondary N) is 1. The van der Waals surface area contributed by atoms with Crippen LogP contribution in [0.1, 0.15) is 6.92 Å². The Kier molecular flexibility index (Phi) is 9.85. The van der Waals surface area contributed by atoms with Gasteiger partial charge in [0.2, 0.25) is 0 Å². The molecule has 2 nitrogen and oxygen atoms in total. The molecule has 2 aromatic carbocycles. The Morgan fingerprint density at radius 2 is 1.26 bits per heavy atom. The first kappa shape index (κ1) is 17.7. The van der Waals surface area contributed by atoms with Gasteiger partial charge in [0.15, 0.2) is 0 Å². The van der Waals surface area contributed by atoms with E-state index in [1.165, 1.54) is 0 Å². The third-order valence-electron chi connectivity index (χ3n) is 2.02. The number of halogens is 2. The predicted octanol–water partition coefficient (Wildman–Crippen LogP) is 4.82. The average Bonchev–Trinajstić information content (AvgIpc) is 2.42. The van der Waals surface area contributed by atoms with Crippen molar-refractivity contribution in [3.63, 3.8) is 0 Å². The maximum atomic E-state index is 9.46. The molecule has 2 aromatic rings. The van der Waals surface area contributed by atoms with Crippen LogP contribution in [0.4, 0.5) is 11.4 Å². The number of aldehydes is 1. The first-order valence-electron chi connectivity index (χ1n) is 5.69. The van der Waals surface area contributed by atoms with Crippen molar-refractivity contribution >= 4 is 46.0 Å². The number of hydrogen-bond donors (Lipinski definition) is 1. The number of benzene rings is 2. The quantitative estimate of drug-likeness (QED) is 0.640. The van der Waals surface area contributed by atoms with Crippen LogP contribution in [-0.2, 0) is 4.79 Å². The Morgan fingerprint density at radius 1 is 0.947 bits per heavy atom. The molecule has 0 aliphatic carbocycles. The summed E-state index contributed by atoms with van der Waals surface area (Å²) in [5, 5.41) is 3.30. The molecule has 0 aliphatic rings. The number of para-hydroxylation sites is 2. The summed E-state index contributed by atoms with van der Waals surface area (Å²) in [5.41, 5.74) is 2.24. The lowest BCUT2D eigenvalue weighted by Gasteiger charge is -2.04. The summed E-state index contributed by atoms with van der Waals surface area (Å²) >= 11 is 3.01. The second kappa shape index (κ2) is 10.6. The fraction of sp³-hybridized carbons (Fsp3) is 0.133. The van der Waals surface area contributed by atoms with Crippen LogP contribution in [0.25, 0.3) is 0 Å². The van der Waals surface area contributed by atoms with E-state index < -0.39 is 0 Å². The van der Waals surface area contributed by atoms with Gasteiger partial charge < -0.3 is 10.1 Å². The van der Waals surface area contributed by atoms with Crippen molar-refractivity contribution in [1.82, 2.24) is 0 Å². The van der Waals surface area contributed by atoms with Crippen LogP contribution in [0.2, 0.25) is 0 Å². The normalized spacial score (nSPS) is 10.2. The zero-order chi connectivity index (χ0) is 13.2. The van der Waals surface area contributed by atoms with E-state index in [1.54, 1.807) is 6.92 Å². The number of rotatable bonds is 3. The molecule has 0 bridgehead atoms. The molecule has 0 fully saturated rings. The van der Waals surface area contributed by atoms with Crippen molar-refractivity contribution in [3.05, 3.63) is 60.7 Å². The summed E-state index contributed by atoms with van der Waals surface area (Å²) in [6.07, 6.45) is 0.833. The molecule has 1 atom stereocenters. The number of hydrogen-bond acceptors (Lipinski definition) is 2. The number of anilines is 2. The van der Waals surface area contributed by atoms with Gasteiger partial charge in [-0.3, -0.25) is 0 Å². The van der Waals surface area contributed by atoms with Gasteiger partial charge in [-0.05, 0) is 31.2 Å². The number of carbonyl (C=O) groups excluding carboxylic acids is 1. The van der Waals surface area contributed by atoms with Gasteiger partial charge in [-0.25, -0.2) is 0 Å². The fourth-order valence-electron chi connectivity index (χ4n) is 1.21. The van der Waals surface area contributed by atoms with Crippen molar-refractivity contribution in [2.75, 3.05) is 5.32 Å². The largest absolute Gasteiger partial charge is 0.356 e. The zero-order valence-corrected chi connectivity index (χ0v) is 13.0. The zero-order valence-electron chi connectivity index (χ0n) is 10.6. The van der Waals surface area contributed by atoms with E-state index in [9.17, 15) is 4.79 Å².